The molecule has 1 aromatic rings. The van der Waals surface area contributed by atoms with E-state index in [0.29, 0.717) is 12.1 Å². The van der Waals surface area contributed by atoms with Gasteiger partial charge in [-0.2, -0.15) is 13.2 Å². The number of nitrogens with two attached hydrogens (primary N) is 1. The van der Waals surface area contributed by atoms with E-state index in [0.717, 1.165) is 12.1 Å². The van der Waals surface area contributed by atoms with E-state index in [1.54, 1.807) is 0 Å². The highest BCUT2D eigenvalue weighted by atomic mass is 19.4. The van der Waals surface area contributed by atoms with Gasteiger partial charge in [-0.15, -0.1) is 0 Å². The lowest BCUT2D eigenvalue weighted by Gasteiger charge is -2.24. The lowest BCUT2D eigenvalue weighted by Crippen LogP contribution is -2.32. The number of carbonyl (C=O) groups excluding carboxylic acids is 1. The fraction of sp³-hybridized carbons (Fsp3) is 0.533. The number of amides is 1. The number of hydrogen-bond acceptors (Lipinski definition) is 2. The SMILES string of the molecule is CC(C)(C)CC(CN)C(=O)Nc1ccc(C(F)(F)F)cc1. The van der Waals surface area contributed by atoms with Crippen LogP contribution in [0.1, 0.15) is 32.8 Å². The minimum Gasteiger partial charge on any atom is -0.330 e. The predicted octanol–water partition coefficient (Wildman–Crippen LogP) is 3.66. The maximum Gasteiger partial charge on any atom is 0.416 e. The summed E-state index contributed by atoms with van der Waals surface area (Å²) in [6.45, 7) is 6.20. The topological polar surface area (TPSA) is 55.1 Å². The molecule has 0 saturated heterocycles. The molecule has 0 spiro atoms. The van der Waals surface area contributed by atoms with Crippen LogP contribution in [-0.4, -0.2) is 12.5 Å². The minimum atomic E-state index is -4.38. The Hall–Kier alpha value is -1.56. The molecule has 1 atom stereocenters. The van der Waals surface area contributed by atoms with Crippen LogP contribution in [0.25, 0.3) is 0 Å². The zero-order valence-electron chi connectivity index (χ0n) is 12.4. The summed E-state index contributed by atoms with van der Waals surface area (Å²) in [5.74, 6) is -0.639. The van der Waals surface area contributed by atoms with Gasteiger partial charge >= 0.3 is 6.18 Å². The van der Waals surface area contributed by atoms with E-state index in [1.807, 2.05) is 20.8 Å². The first-order chi connectivity index (χ1) is 9.53. The molecule has 21 heavy (non-hydrogen) atoms. The predicted molar refractivity (Wildman–Crippen MR) is 76.7 cm³/mol. The van der Waals surface area contributed by atoms with Gasteiger partial charge in [0, 0.05) is 12.2 Å². The Morgan fingerprint density at radius 3 is 2.10 bits per heavy atom. The number of hydrogen-bond donors (Lipinski definition) is 2. The van der Waals surface area contributed by atoms with Gasteiger partial charge < -0.3 is 11.1 Å². The molecule has 0 fully saturated rings. The van der Waals surface area contributed by atoms with Crippen LogP contribution in [-0.2, 0) is 11.0 Å². The first-order valence-corrected chi connectivity index (χ1v) is 6.71. The third kappa shape index (κ3) is 5.75. The van der Waals surface area contributed by atoms with Gasteiger partial charge in [0.1, 0.15) is 0 Å². The van der Waals surface area contributed by atoms with Gasteiger partial charge in [0.05, 0.1) is 11.5 Å². The highest BCUT2D eigenvalue weighted by Crippen LogP contribution is 2.30. The molecular formula is C15H21F3N2O. The average Bonchev–Trinajstić information content (AvgIpc) is 2.34. The lowest BCUT2D eigenvalue weighted by atomic mass is 9.84. The number of alkyl halides is 3. The number of halogens is 3. The minimum absolute atomic E-state index is 0.0540. The summed E-state index contributed by atoms with van der Waals surface area (Å²) >= 11 is 0. The Kier molecular flexibility index (Phi) is 5.39. The highest BCUT2D eigenvalue weighted by Gasteiger charge is 2.30. The Morgan fingerprint density at radius 1 is 1.19 bits per heavy atom. The molecule has 6 heteroatoms. The van der Waals surface area contributed by atoms with E-state index >= 15 is 0 Å². The number of rotatable bonds is 4. The monoisotopic (exact) mass is 302 g/mol. The van der Waals surface area contributed by atoms with Crippen molar-refractivity contribution in [1.29, 1.82) is 0 Å². The zero-order valence-corrected chi connectivity index (χ0v) is 12.4. The molecule has 0 aliphatic carbocycles. The molecule has 0 aromatic heterocycles. The van der Waals surface area contributed by atoms with Gasteiger partial charge in [0.25, 0.3) is 0 Å². The van der Waals surface area contributed by atoms with Crippen molar-refractivity contribution in [3.05, 3.63) is 29.8 Å². The van der Waals surface area contributed by atoms with Crippen molar-refractivity contribution in [3.63, 3.8) is 0 Å². The van der Waals surface area contributed by atoms with Gasteiger partial charge in [0.2, 0.25) is 5.91 Å². The Labute approximate surface area is 122 Å². The average molecular weight is 302 g/mol. The fourth-order valence-electron chi connectivity index (χ4n) is 2.01. The van der Waals surface area contributed by atoms with Crippen LogP contribution in [0, 0.1) is 11.3 Å². The van der Waals surface area contributed by atoms with Crippen LogP contribution >= 0.6 is 0 Å². The molecule has 3 N–H and O–H groups in total. The van der Waals surface area contributed by atoms with Crippen LogP contribution in [0.4, 0.5) is 18.9 Å². The second-order valence-corrected chi connectivity index (χ2v) is 6.26. The van der Waals surface area contributed by atoms with E-state index in [4.69, 9.17) is 5.73 Å². The fourth-order valence-corrected chi connectivity index (χ4v) is 2.01. The molecule has 0 bridgehead atoms. The van der Waals surface area contributed by atoms with E-state index in [9.17, 15) is 18.0 Å². The summed E-state index contributed by atoms with van der Waals surface area (Å²) in [5, 5.41) is 2.61. The summed E-state index contributed by atoms with van der Waals surface area (Å²) in [6.07, 6.45) is -3.77. The van der Waals surface area contributed by atoms with Crippen molar-refractivity contribution in [2.24, 2.45) is 17.1 Å². The Balaban J connectivity index is 2.74. The summed E-state index contributed by atoms with van der Waals surface area (Å²) in [4.78, 5) is 12.1. The van der Waals surface area contributed by atoms with Gasteiger partial charge in [-0.1, -0.05) is 20.8 Å². The van der Waals surface area contributed by atoms with E-state index < -0.39 is 11.7 Å². The first-order valence-electron chi connectivity index (χ1n) is 6.71. The zero-order chi connectivity index (χ0) is 16.3. The number of benzene rings is 1. The van der Waals surface area contributed by atoms with Gasteiger partial charge in [-0.25, -0.2) is 0 Å². The van der Waals surface area contributed by atoms with E-state index in [1.165, 1.54) is 12.1 Å². The second-order valence-electron chi connectivity index (χ2n) is 6.26. The molecular weight excluding hydrogens is 281 g/mol. The molecule has 0 aliphatic rings. The number of carbonyl (C=O) groups is 1. The Morgan fingerprint density at radius 2 is 1.71 bits per heavy atom. The standard InChI is InChI=1S/C15H21F3N2O/c1-14(2,3)8-10(9-19)13(21)20-12-6-4-11(5-7-12)15(16,17)18/h4-7,10H,8-9,19H2,1-3H3,(H,20,21). The maximum absolute atomic E-state index is 12.4. The van der Waals surface area contributed by atoms with Gasteiger partial charge in [-0.05, 0) is 36.1 Å². The molecule has 1 rings (SSSR count). The Bertz CT molecular complexity index is 475. The largest absolute Gasteiger partial charge is 0.416 e. The van der Waals surface area contributed by atoms with Gasteiger partial charge in [-0.3, -0.25) is 4.79 Å². The van der Waals surface area contributed by atoms with Crippen LogP contribution in [0.5, 0.6) is 0 Å². The smallest absolute Gasteiger partial charge is 0.330 e. The third-order valence-corrected chi connectivity index (χ3v) is 2.99. The van der Waals surface area contributed by atoms with Crippen molar-refractivity contribution >= 4 is 11.6 Å². The van der Waals surface area contributed by atoms with Crippen molar-refractivity contribution in [3.8, 4) is 0 Å². The maximum atomic E-state index is 12.4. The molecule has 1 amide bonds. The second kappa shape index (κ2) is 6.47. The molecule has 1 unspecified atom stereocenters. The molecule has 118 valence electrons. The summed E-state index contributed by atoms with van der Waals surface area (Å²) in [7, 11) is 0. The summed E-state index contributed by atoms with van der Waals surface area (Å²) < 4.78 is 37.3. The quantitative estimate of drug-likeness (QED) is 0.892. The van der Waals surface area contributed by atoms with E-state index in [-0.39, 0.29) is 23.8 Å². The first kappa shape index (κ1) is 17.5. The van der Waals surface area contributed by atoms with Crippen LogP contribution < -0.4 is 11.1 Å². The van der Waals surface area contributed by atoms with Crippen LogP contribution in [0.15, 0.2) is 24.3 Å². The molecule has 0 radical (unpaired) electrons. The van der Waals surface area contributed by atoms with Crippen molar-refractivity contribution < 1.29 is 18.0 Å². The molecule has 0 aliphatic heterocycles. The molecule has 0 heterocycles. The summed E-state index contributed by atoms with van der Waals surface area (Å²) in [5.41, 5.74) is 5.14. The third-order valence-electron chi connectivity index (χ3n) is 2.99. The van der Waals surface area contributed by atoms with Crippen molar-refractivity contribution in [2.75, 3.05) is 11.9 Å². The van der Waals surface area contributed by atoms with Gasteiger partial charge in [0.15, 0.2) is 0 Å². The number of nitrogens with one attached hydrogen (secondary N) is 1. The van der Waals surface area contributed by atoms with Crippen molar-refractivity contribution in [2.45, 2.75) is 33.4 Å². The molecule has 3 nitrogen and oxygen atoms in total. The van der Waals surface area contributed by atoms with Crippen LogP contribution in [0.2, 0.25) is 0 Å². The van der Waals surface area contributed by atoms with E-state index in [2.05, 4.69) is 5.32 Å². The molecule has 0 saturated carbocycles. The van der Waals surface area contributed by atoms with Crippen molar-refractivity contribution in [1.82, 2.24) is 0 Å². The lowest BCUT2D eigenvalue weighted by molar-refractivity contribution is -0.137. The number of anilines is 1. The summed E-state index contributed by atoms with van der Waals surface area (Å²) in [6, 6.07) is 4.37. The normalized spacial score (nSPS) is 13.9. The highest BCUT2D eigenvalue weighted by molar-refractivity contribution is 5.92. The van der Waals surface area contributed by atoms with Crippen LogP contribution in [0.3, 0.4) is 0 Å². The molecule has 1 aromatic carbocycles.